The minimum atomic E-state index is -0.223. The Kier molecular flexibility index (Phi) is 2.91. The summed E-state index contributed by atoms with van der Waals surface area (Å²) in [4.78, 5) is 14.5. The molecule has 0 N–H and O–H groups in total. The van der Waals surface area contributed by atoms with Crippen molar-refractivity contribution < 1.29 is 4.79 Å². The largest absolute Gasteiger partial charge is 0.273 e. The summed E-state index contributed by atoms with van der Waals surface area (Å²) in [7, 11) is 0. The first-order valence-corrected chi connectivity index (χ1v) is 4.91. The summed E-state index contributed by atoms with van der Waals surface area (Å²) >= 11 is 0. The molecule has 0 unspecified atom stereocenters. The molecule has 16 heavy (non-hydrogen) atoms. The van der Waals surface area contributed by atoms with Crippen LogP contribution in [-0.4, -0.2) is 15.7 Å². The van der Waals surface area contributed by atoms with Crippen molar-refractivity contribution in [2.24, 2.45) is 4.99 Å². The maximum Gasteiger partial charge on any atom is 0.243 e. The fourth-order valence-electron chi connectivity index (χ4n) is 1.33. The van der Waals surface area contributed by atoms with E-state index in [0.29, 0.717) is 5.36 Å². The fraction of sp³-hybridized carbons (Fsp3) is 0.0833. The van der Waals surface area contributed by atoms with Crippen molar-refractivity contribution in [1.82, 2.24) is 9.78 Å². The molecule has 0 atom stereocenters. The number of carbonyl (C=O) groups is 1. The molecule has 4 heteroatoms. The zero-order valence-corrected chi connectivity index (χ0v) is 8.87. The molecular weight excluding hydrogens is 202 g/mol. The van der Waals surface area contributed by atoms with E-state index in [2.05, 4.69) is 10.1 Å². The van der Waals surface area contributed by atoms with E-state index in [1.165, 1.54) is 6.92 Å². The second-order valence-corrected chi connectivity index (χ2v) is 3.30. The lowest BCUT2D eigenvalue weighted by molar-refractivity contribution is -0.116. The summed E-state index contributed by atoms with van der Waals surface area (Å²) in [5.74, 6) is -0.223. The lowest BCUT2D eigenvalue weighted by atomic mass is 10.3. The molecule has 0 saturated heterocycles. The molecule has 0 aliphatic carbocycles. The topological polar surface area (TPSA) is 47.2 Å². The van der Waals surface area contributed by atoms with Crippen LogP contribution in [0.1, 0.15) is 6.92 Å². The number of rotatable bonds is 1. The third kappa shape index (κ3) is 2.42. The van der Waals surface area contributed by atoms with Crippen molar-refractivity contribution in [2.45, 2.75) is 6.92 Å². The molecule has 1 aromatic heterocycles. The van der Waals surface area contributed by atoms with Gasteiger partial charge in [-0.2, -0.15) is 5.10 Å². The van der Waals surface area contributed by atoms with E-state index in [9.17, 15) is 4.79 Å². The fourth-order valence-corrected chi connectivity index (χ4v) is 1.33. The maximum atomic E-state index is 10.8. The lowest BCUT2D eigenvalue weighted by Crippen LogP contribution is -2.09. The number of carbonyl (C=O) groups excluding carboxylic acids is 1. The molecule has 0 aliphatic heterocycles. The summed E-state index contributed by atoms with van der Waals surface area (Å²) in [5.41, 5.74) is 0.969. The van der Waals surface area contributed by atoms with Crippen molar-refractivity contribution in [3.8, 4) is 5.69 Å². The first-order chi connectivity index (χ1) is 7.75. The molecule has 0 saturated carbocycles. The molecule has 0 radical (unpaired) electrons. The van der Waals surface area contributed by atoms with E-state index in [0.717, 1.165) is 5.69 Å². The summed E-state index contributed by atoms with van der Waals surface area (Å²) in [6.07, 6.45) is 3.34. The minimum Gasteiger partial charge on any atom is -0.273 e. The maximum absolute atomic E-state index is 10.8. The Hall–Kier alpha value is -2.23. The Morgan fingerprint density at radius 1 is 1.25 bits per heavy atom. The molecule has 1 amide bonds. The molecule has 2 rings (SSSR count). The summed E-state index contributed by atoms with van der Waals surface area (Å²) in [6.45, 7) is 1.41. The van der Waals surface area contributed by atoms with Gasteiger partial charge in [-0.05, 0) is 18.2 Å². The SMILES string of the molecule is CC(=O)/N=c1/ccn(-c2ccccc2)nc1. The predicted octanol–water partition coefficient (Wildman–Crippen LogP) is 1.32. The molecular formula is C12H11N3O. The minimum absolute atomic E-state index is 0.223. The third-order valence-electron chi connectivity index (χ3n) is 2.01. The molecule has 2 aromatic rings. The predicted molar refractivity (Wildman–Crippen MR) is 59.8 cm³/mol. The zero-order chi connectivity index (χ0) is 11.4. The van der Waals surface area contributed by atoms with E-state index in [1.54, 1.807) is 23.1 Å². The van der Waals surface area contributed by atoms with Crippen LogP contribution in [0.15, 0.2) is 53.8 Å². The van der Waals surface area contributed by atoms with Crippen molar-refractivity contribution in [3.05, 3.63) is 54.1 Å². The summed E-state index contributed by atoms with van der Waals surface area (Å²) in [6, 6.07) is 11.5. The van der Waals surface area contributed by atoms with E-state index in [-0.39, 0.29) is 5.91 Å². The number of hydrogen-bond acceptors (Lipinski definition) is 2. The normalized spacial score (nSPS) is 11.4. The van der Waals surface area contributed by atoms with Crippen LogP contribution in [0.25, 0.3) is 5.69 Å². The highest BCUT2D eigenvalue weighted by Gasteiger charge is 1.93. The van der Waals surface area contributed by atoms with Gasteiger partial charge in [0.15, 0.2) is 0 Å². The van der Waals surface area contributed by atoms with Crippen LogP contribution >= 0.6 is 0 Å². The quantitative estimate of drug-likeness (QED) is 0.717. The van der Waals surface area contributed by atoms with E-state index >= 15 is 0 Å². The molecule has 0 fully saturated rings. The lowest BCUT2D eigenvalue weighted by Gasteiger charge is -2.02. The van der Waals surface area contributed by atoms with Gasteiger partial charge in [0.05, 0.1) is 17.2 Å². The van der Waals surface area contributed by atoms with Gasteiger partial charge in [0, 0.05) is 13.1 Å². The van der Waals surface area contributed by atoms with Crippen molar-refractivity contribution >= 4 is 5.91 Å². The number of benzene rings is 1. The average molecular weight is 213 g/mol. The van der Waals surface area contributed by atoms with Crippen LogP contribution in [0.3, 0.4) is 0 Å². The van der Waals surface area contributed by atoms with Gasteiger partial charge in [0.1, 0.15) is 0 Å². The van der Waals surface area contributed by atoms with Crippen LogP contribution in [-0.2, 0) is 4.79 Å². The Morgan fingerprint density at radius 3 is 2.56 bits per heavy atom. The van der Waals surface area contributed by atoms with E-state index in [4.69, 9.17) is 0 Å². The van der Waals surface area contributed by atoms with E-state index in [1.807, 2.05) is 30.3 Å². The second kappa shape index (κ2) is 4.53. The highest BCUT2D eigenvalue weighted by molar-refractivity contribution is 5.73. The van der Waals surface area contributed by atoms with Gasteiger partial charge in [-0.15, -0.1) is 0 Å². The molecule has 1 heterocycles. The van der Waals surface area contributed by atoms with Crippen LogP contribution in [0.4, 0.5) is 0 Å². The first kappa shape index (κ1) is 10.3. The zero-order valence-electron chi connectivity index (χ0n) is 8.87. The van der Waals surface area contributed by atoms with Crippen molar-refractivity contribution in [2.75, 3.05) is 0 Å². The molecule has 0 bridgehead atoms. The number of nitrogens with zero attached hydrogens (tertiary/aromatic N) is 3. The van der Waals surface area contributed by atoms with Crippen molar-refractivity contribution in [1.29, 1.82) is 0 Å². The van der Waals surface area contributed by atoms with Gasteiger partial charge in [0.25, 0.3) is 0 Å². The summed E-state index contributed by atoms with van der Waals surface area (Å²) < 4.78 is 1.72. The average Bonchev–Trinajstić information content (AvgIpc) is 2.30. The smallest absolute Gasteiger partial charge is 0.243 e. The number of amides is 1. The van der Waals surface area contributed by atoms with Crippen LogP contribution in [0.2, 0.25) is 0 Å². The van der Waals surface area contributed by atoms with Gasteiger partial charge in [-0.25, -0.2) is 9.67 Å². The van der Waals surface area contributed by atoms with Gasteiger partial charge in [-0.1, -0.05) is 18.2 Å². The number of hydrogen-bond donors (Lipinski definition) is 0. The standard InChI is InChI=1S/C12H11N3O/c1-10(16)14-11-7-8-15(13-9-11)12-5-3-2-4-6-12/h2-9H,1H3/b14-11-. The second-order valence-electron chi connectivity index (χ2n) is 3.30. The van der Waals surface area contributed by atoms with Crippen LogP contribution in [0, 0.1) is 0 Å². The van der Waals surface area contributed by atoms with Crippen LogP contribution in [0.5, 0.6) is 0 Å². The Balaban J connectivity index is 2.37. The third-order valence-corrected chi connectivity index (χ3v) is 2.01. The number of aromatic nitrogens is 2. The molecule has 80 valence electrons. The highest BCUT2D eigenvalue weighted by atomic mass is 16.1. The van der Waals surface area contributed by atoms with Gasteiger partial charge in [0.2, 0.25) is 5.91 Å². The highest BCUT2D eigenvalue weighted by Crippen LogP contribution is 2.02. The Morgan fingerprint density at radius 2 is 2.00 bits per heavy atom. The van der Waals surface area contributed by atoms with Crippen LogP contribution < -0.4 is 5.36 Å². The monoisotopic (exact) mass is 213 g/mol. The van der Waals surface area contributed by atoms with Crippen molar-refractivity contribution in [3.63, 3.8) is 0 Å². The van der Waals surface area contributed by atoms with E-state index < -0.39 is 0 Å². The summed E-state index contributed by atoms with van der Waals surface area (Å²) in [5, 5.41) is 4.74. The van der Waals surface area contributed by atoms with Gasteiger partial charge < -0.3 is 0 Å². The first-order valence-electron chi connectivity index (χ1n) is 4.91. The molecule has 1 aromatic carbocycles. The molecule has 0 aliphatic rings. The molecule has 0 spiro atoms. The molecule has 4 nitrogen and oxygen atoms in total. The Labute approximate surface area is 92.9 Å². The Bertz CT molecular complexity index is 537. The number of para-hydroxylation sites is 1. The van der Waals surface area contributed by atoms with Gasteiger partial charge >= 0.3 is 0 Å². The van der Waals surface area contributed by atoms with Gasteiger partial charge in [-0.3, -0.25) is 4.79 Å².